The number of aromatic nitrogens is 8. The lowest BCUT2D eigenvalue weighted by molar-refractivity contribution is 1.07. The maximum absolute atomic E-state index is 9.14. The predicted molar refractivity (Wildman–Crippen MR) is 253 cm³/mol. The molecule has 7 aromatic carbocycles. The number of imidazole rings is 4. The molecule has 0 unspecified atom stereocenters. The zero-order valence-electron chi connectivity index (χ0n) is 38.9. The smallest absolute Gasteiger partial charge is 0.221 e. The van der Waals surface area contributed by atoms with E-state index in [9.17, 15) is 0 Å². The number of pyridine rings is 1. The molecule has 0 aliphatic heterocycles. The van der Waals surface area contributed by atoms with E-state index in [1.807, 2.05) is 115 Å². The van der Waals surface area contributed by atoms with Crippen LogP contribution < -0.4 is 0 Å². The van der Waals surface area contributed by atoms with Gasteiger partial charge >= 0.3 is 0 Å². The van der Waals surface area contributed by atoms with Gasteiger partial charge in [-0.15, -0.1) is 0 Å². The van der Waals surface area contributed by atoms with Crippen molar-refractivity contribution in [3.63, 3.8) is 0 Å². The second-order valence-corrected chi connectivity index (χ2v) is 16.0. The first kappa shape index (κ1) is 28.2. The quantitative estimate of drug-likeness (QED) is 0.178. The van der Waals surface area contributed by atoms with Crippen LogP contribution in [0.1, 0.15) is 19.4 Å². The fraction of sp³-hybridized carbons (Fsp3) is 0.0370. The first-order valence-corrected chi connectivity index (χ1v) is 20.6. The Kier molecular flexibility index (Phi) is 5.50. The summed E-state index contributed by atoms with van der Waals surface area (Å²) in [6, 6.07) is 57.7. The largest absolute Gasteiger partial charge is 0.294 e. The molecular formula is C54H36N8. The minimum Gasteiger partial charge on any atom is -0.294 e. The molecule has 0 saturated carbocycles. The molecule has 0 amide bonds. The van der Waals surface area contributed by atoms with Crippen molar-refractivity contribution in [2.24, 2.45) is 0 Å². The van der Waals surface area contributed by atoms with Gasteiger partial charge in [0.25, 0.3) is 0 Å². The van der Waals surface area contributed by atoms with E-state index in [2.05, 4.69) is 75.4 Å². The Hall–Kier alpha value is -8.36. The second-order valence-electron chi connectivity index (χ2n) is 16.0. The maximum Gasteiger partial charge on any atom is 0.221 e. The summed E-state index contributed by atoms with van der Waals surface area (Å²) in [6.07, 6.45) is 1.78. The third-order valence-corrected chi connectivity index (χ3v) is 12.6. The number of nitrogens with zero attached hydrogens (tertiary/aromatic N) is 8. The molecule has 0 bridgehead atoms. The highest BCUT2D eigenvalue weighted by molar-refractivity contribution is 6.01. The van der Waals surface area contributed by atoms with E-state index in [1.54, 1.807) is 18.3 Å². The van der Waals surface area contributed by atoms with Crippen molar-refractivity contribution in [2.75, 3.05) is 0 Å². The van der Waals surface area contributed by atoms with Gasteiger partial charge in [-0.3, -0.25) is 26.9 Å². The third kappa shape index (κ3) is 4.39. The summed E-state index contributed by atoms with van der Waals surface area (Å²) in [5.41, 5.74) is 13.1. The summed E-state index contributed by atoms with van der Waals surface area (Å²) in [6.45, 7) is -5.26. The third-order valence-electron chi connectivity index (χ3n) is 12.6. The van der Waals surface area contributed by atoms with Crippen LogP contribution in [0.2, 0.25) is 0 Å². The average Bonchev–Trinajstić information content (AvgIpc) is 4.18. The Morgan fingerprint density at radius 2 is 0.952 bits per heavy atom. The Bertz CT molecular complexity index is 4420. The lowest BCUT2D eigenvalue weighted by Gasteiger charge is -2.14. The van der Waals surface area contributed by atoms with Gasteiger partial charge in [-0.2, -0.15) is 0 Å². The molecular weight excluding hydrogens is 761 g/mol. The van der Waals surface area contributed by atoms with Crippen molar-refractivity contribution in [3.05, 3.63) is 193 Å². The highest BCUT2D eigenvalue weighted by Crippen LogP contribution is 2.40. The van der Waals surface area contributed by atoms with Crippen molar-refractivity contribution < 1.29 is 8.22 Å². The molecule has 14 aromatic rings. The van der Waals surface area contributed by atoms with E-state index in [-0.39, 0.29) is 11.1 Å². The molecule has 0 radical (unpaired) electrons. The van der Waals surface area contributed by atoms with Crippen LogP contribution >= 0.6 is 0 Å². The number of benzene rings is 7. The Morgan fingerprint density at radius 1 is 0.403 bits per heavy atom. The van der Waals surface area contributed by atoms with Crippen LogP contribution in [0.15, 0.2) is 182 Å². The van der Waals surface area contributed by atoms with Crippen molar-refractivity contribution in [1.82, 2.24) is 36.9 Å². The molecule has 7 aromatic heterocycles. The van der Waals surface area contributed by atoms with Gasteiger partial charge in [0.05, 0.1) is 55.3 Å². The molecule has 62 heavy (non-hydrogen) atoms. The number of rotatable bonds is 4. The Morgan fingerprint density at radius 3 is 1.61 bits per heavy atom. The summed E-state index contributed by atoms with van der Waals surface area (Å²) in [5.74, 6) is 0.716. The van der Waals surface area contributed by atoms with Crippen LogP contribution in [0.5, 0.6) is 0 Å². The number of para-hydroxylation sites is 5. The number of aryl methyl sites for hydroxylation is 2. The van der Waals surface area contributed by atoms with Gasteiger partial charge in [0, 0.05) is 36.6 Å². The van der Waals surface area contributed by atoms with Crippen LogP contribution in [-0.2, 0) is 0 Å². The van der Waals surface area contributed by atoms with E-state index in [4.69, 9.17) is 18.2 Å². The molecule has 0 atom stereocenters. The molecule has 14 rings (SSSR count). The molecule has 0 N–H and O–H groups in total. The van der Waals surface area contributed by atoms with Crippen LogP contribution in [-0.4, -0.2) is 36.9 Å². The number of fused-ring (bicyclic) bond motifs is 15. The molecule has 0 spiro atoms. The van der Waals surface area contributed by atoms with E-state index in [0.29, 0.717) is 27.9 Å². The first-order valence-electron chi connectivity index (χ1n) is 23.6. The van der Waals surface area contributed by atoms with Crippen molar-refractivity contribution in [3.8, 4) is 28.2 Å². The Balaban J connectivity index is 1.07. The maximum atomic E-state index is 9.14. The van der Waals surface area contributed by atoms with Gasteiger partial charge in [-0.1, -0.05) is 72.8 Å². The Labute approximate surface area is 362 Å². The summed E-state index contributed by atoms with van der Waals surface area (Å²) in [4.78, 5) is 9.93. The summed E-state index contributed by atoms with van der Waals surface area (Å²) >= 11 is 0. The fourth-order valence-electron chi connectivity index (χ4n) is 10.0. The minimum atomic E-state index is -2.65. The van der Waals surface area contributed by atoms with Gasteiger partial charge < -0.3 is 0 Å². The van der Waals surface area contributed by atoms with Gasteiger partial charge in [-0.05, 0) is 139 Å². The zero-order valence-corrected chi connectivity index (χ0v) is 32.9. The van der Waals surface area contributed by atoms with Crippen LogP contribution in [0.25, 0.3) is 111 Å². The summed E-state index contributed by atoms with van der Waals surface area (Å²) < 4.78 is 67.2. The lowest BCUT2D eigenvalue weighted by Crippen LogP contribution is -2.00. The van der Waals surface area contributed by atoms with Gasteiger partial charge in [-0.25, -0.2) is 9.97 Å². The average molecular weight is 803 g/mol. The van der Waals surface area contributed by atoms with Crippen LogP contribution in [0, 0.1) is 13.7 Å². The molecule has 0 aliphatic carbocycles. The number of hydrogen-bond donors (Lipinski definition) is 0. The zero-order chi connectivity index (χ0) is 45.8. The van der Waals surface area contributed by atoms with Crippen LogP contribution in [0.4, 0.5) is 0 Å². The molecule has 292 valence electrons. The molecule has 0 fully saturated rings. The van der Waals surface area contributed by atoms with Gasteiger partial charge in [0.15, 0.2) is 5.65 Å². The fourth-order valence-corrected chi connectivity index (χ4v) is 10.0. The topological polar surface area (TPSA) is 53.8 Å². The van der Waals surface area contributed by atoms with Crippen molar-refractivity contribution in [1.29, 1.82) is 0 Å². The van der Waals surface area contributed by atoms with Crippen molar-refractivity contribution >= 4 is 83.1 Å². The van der Waals surface area contributed by atoms with E-state index < -0.39 is 13.7 Å². The highest BCUT2D eigenvalue weighted by Gasteiger charge is 2.23. The first-order chi connectivity index (χ1) is 33.0. The van der Waals surface area contributed by atoms with Crippen molar-refractivity contribution in [2.45, 2.75) is 13.7 Å². The highest BCUT2D eigenvalue weighted by atomic mass is 15.2. The second kappa shape index (κ2) is 12.1. The molecule has 7 heterocycles. The summed E-state index contributed by atoms with van der Waals surface area (Å²) in [5, 5.41) is 2.02. The molecule has 0 aliphatic rings. The summed E-state index contributed by atoms with van der Waals surface area (Å²) in [7, 11) is 0. The van der Waals surface area contributed by atoms with E-state index in [1.165, 1.54) is 0 Å². The van der Waals surface area contributed by atoms with E-state index >= 15 is 0 Å². The minimum absolute atomic E-state index is 0.0415. The lowest BCUT2D eigenvalue weighted by atomic mass is 9.95. The molecule has 8 nitrogen and oxygen atoms in total. The molecule has 8 heteroatoms. The SMILES string of the molecule is [2H]C([2H])([2H])c1cc2c(cc1-c1cc3c(cc1C([2H])([2H])[2H])n(-c1cccc(-n4c5ncccc5n5c6ccccc6nc45)c1)c1cc4ccccc4n31)n1c3ccccc3cc1n2-c1ccccc1. The van der Waals surface area contributed by atoms with Crippen LogP contribution in [0.3, 0.4) is 0 Å². The van der Waals surface area contributed by atoms with Gasteiger partial charge in [0.1, 0.15) is 11.3 Å². The molecule has 0 saturated heterocycles. The number of hydrogen-bond acceptors (Lipinski definition) is 2. The van der Waals surface area contributed by atoms with Gasteiger partial charge in [0.2, 0.25) is 5.78 Å². The predicted octanol–water partition coefficient (Wildman–Crippen LogP) is 12.8. The normalized spacial score (nSPS) is 14.2. The standard InChI is InChI=1S/C54H36N8/c1-33-26-47-49(60-43-21-9-6-14-35(43)28-51(60)57(47)37-16-4-3-5-17-37)31-40(33)41-32-50-48(27-34(41)2)58(52-29-36-15-7-10-22-44(36)61(50)52)38-18-12-19-39(30-38)59-53-46(24-13-25-55-53)62-45-23-11-8-20-42(45)56-54(59)62/h3-32H,1-2H3/i1D3,2D3. The monoisotopic (exact) mass is 802 g/mol. The van der Waals surface area contributed by atoms with E-state index in [0.717, 1.165) is 83.4 Å².